The fraction of sp³-hybridized carbons (Fsp3) is 0.108. The zero-order chi connectivity index (χ0) is 47.5. The van der Waals surface area contributed by atoms with Crippen LogP contribution in [-0.2, 0) is 0 Å². The van der Waals surface area contributed by atoms with Crippen molar-refractivity contribution in [3.8, 4) is 343 Å². The van der Waals surface area contributed by atoms with Gasteiger partial charge in [0.2, 0.25) is 0 Å². The van der Waals surface area contributed by atoms with E-state index in [-0.39, 0.29) is 0 Å². The molecule has 0 saturated carbocycles. The van der Waals surface area contributed by atoms with E-state index in [0.717, 1.165) is 0 Å². The fourth-order valence-electron chi connectivity index (χ4n) is 1.81. The molecule has 0 atom stereocenters. The Balaban J connectivity index is 0. The van der Waals surface area contributed by atoms with Crippen LogP contribution < -0.4 is 0 Å². The van der Waals surface area contributed by atoms with Crippen molar-refractivity contribution < 1.29 is 0 Å². The van der Waals surface area contributed by atoms with E-state index in [9.17, 15) is 0 Å². The van der Waals surface area contributed by atoms with E-state index < -0.39 is 0 Å². The molecule has 0 aliphatic carbocycles. The van der Waals surface area contributed by atoms with Crippen molar-refractivity contribution >= 4 is 0 Å². The lowest BCUT2D eigenvalue weighted by molar-refractivity contribution is 0.469. The highest BCUT2D eigenvalue weighted by molar-refractivity contribution is 5.51. The molecule has 0 fully saturated rings. The Morgan fingerprint density at radius 3 is 0.215 bits per heavy atom. The molecule has 0 aromatic heterocycles. The standard InChI is InChI=1S/C60H6.C5H12/c1-3-5-7-9-11-13-15-17-19-21-23-25-27-29-31-33-35-37-39-41-43-45-47-49-51-53-55-57-59-60-58-56-54-52-50-48-46-44-42-40-38-36-34-32-30-28-26-24-22-20-18-16-14-12-10-8-6-4-2;1-5(2,3)4/h1-2H3;1-4H3. The molecule has 0 spiro atoms. The third-order valence-electron chi connectivity index (χ3n) is 3.69. The summed E-state index contributed by atoms with van der Waals surface area (Å²) in [6, 6.07) is 0. The van der Waals surface area contributed by atoms with Gasteiger partial charge in [0.05, 0.1) is 0 Å². The first-order chi connectivity index (χ1) is 31.9. The van der Waals surface area contributed by atoms with Gasteiger partial charge in [-0.05, 0) is 114 Å². The highest BCUT2D eigenvalue weighted by atomic mass is 14.0. The van der Waals surface area contributed by atoms with Crippen LogP contribution in [0.5, 0.6) is 0 Å². The van der Waals surface area contributed by atoms with E-state index in [1.54, 1.807) is 13.8 Å². The largest absolute Gasteiger partial charge is 0.0925 e. The Morgan fingerprint density at radius 2 is 0.169 bits per heavy atom. The number of rotatable bonds is 0. The molecule has 0 N–H and O–H groups in total. The minimum Gasteiger partial charge on any atom is -0.0925 e. The summed E-state index contributed by atoms with van der Waals surface area (Å²) in [4.78, 5) is 0. The third kappa shape index (κ3) is 63.5. The van der Waals surface area contributed by atoms with Gasteiger partial charge in [-0.3, -0.25) is 0 Å². The van der Waals surface area contributed by atoms with Crippen molar-refractivity contribution in [3.05, 3.63) is 0 Å². The van der Waals surface area contributed by atoms with Gasteiger partial charge in [-0.2, -0.15) is 0 Å². The third-order valence-corrected chi connectivity index (χ3v) is 3.69. The molecule has 65 heavy (non-hydrogen) atoms. The maximum absolute atomic E-state index is 2.63. The van der Waals surface area contributed by atoms with Gasteiger partial charge in [0.15, 0.2) is 0 Å². The van der Waals surface area contributed by atoms with E-state index >= 15 is 0 Å². The average molecular weight is 799 g/mol. The monoisotopic (exact) mass is 798 g/mol. The summed E-state index contributed by atoms with van der Waals surface area (Å²) < 4.78 is 0. The summed E-state index contributed by atoms with van der Waals surface area (Å²) in [7, 11) is 0. The number of hydrogen-bond acceptors (Lipinski definition) is 0. The summed E-state index contributed by atoms with van der Waals surface area (Å²) in [5, 5.41) is 0. The van der Waals surface area contributed by atoms with Gasteiger partial charge in [-0.25, -0.2) is 0 Å². The van der Waals surface area contributed by atoms with Crippen molar-refractivity contribution in [1.29, 1.82) is 0 Å². The van der Waals surface area contributed by atoms with Crippen molar-refractivity contribution in [3.63, 3.8) is 0 Å². The SMILES string of the molecule is CC#CC#CC#CC#CC#CC#CC#CC#CC#CC#CC#CC#CC#CC#CC#CC#CC#CC#CC#CC#CC#CC#CC#CC#CC#CC#CC#CC#CC#CC.CC(C)(C)C. The molecular formula is C65H18. The summed E-state index contributed by atoms with van der Waals surface area (Å²) in [5.41, 5.74) is 0.500. The highest BCUT2D eigenvalue weighted by Crippen LogP contribution is 2.08. The first-order valence-corrected chi connectivity index (χ1v) is 17.2. The van der Waals surface area contributed by atoms with Crippen LogP contribution in [0.1, 0.15) is 41.5 Å². The second-order valence-corrected chi connectivity index (χ2v) is 10.5. The van der Waals surface area contributed by atoms with Crippen LogP contribution in [0.3, 0.4) is 0 Å². The molecule has 0 aromatic rings. The molecule has 0 aromatic carbocycles. The second-order valence-electron chi connectivity index (χ2n) is 10.5. The van der Waals surface area contributed by atoms with Gasteiger partial charge >= 0.3 is 0 Å². The van der Waals surface area contributed by atoms with E-state index in [0.29, 0.717) is 5.41 Å². The van der Waals surface area contributed by atoms with Gasteiger partial charge in [-0.15, -0.1) is 0 Å². The van der Waals surface area contributed by atoms with Gasteiger partial charge in [0, 0.05) is 237 Å². The lowest BCUT2D eigenvalue weighted by Gasteiger charge is -2.05. The number of hydrogen-bond donors (Lipinski definition) is 0. The highest BCUT2D eigenvalue weighted by Gasteiger charge is 1.95. The minimum absolute atomic E-state index is 0.500. The summed E-state index contributed by atoms with van der Waals surface area (Å²) in [6.07, 6.45) is 0. The molecule has 0 aliphatic heterocycles. The minimum atomic E-state index is 0.500. The predicted octanol–water partition coefficient (Wildman–Crippen LogP) is 3.18. The van der Waals surface area contributed by atoms with Crippen LogP contribution in [0.2, 0.25) is 0 Å². The Morgan fingerprint density at radius 1 is 0.123 bits per heavy atom. The van der Waals surface area contributed by atoms with E-state index in [1.165, 1.54) is 0 Å². The van der Waals surface area contributed by atoms with Crippen LogP contribution in [-0.4, -0.2) is 0 Å². The Labute approximate surface area is 388 Å². The van der Waals surface area contributed by atoms with Crippen molar-refractivity contribution in [2.45, 2.75) is 41.5 Å². The van der Waals surface area contributed by atoms with Crippen LogP contribution in [0, 0.1) is 349 Å². The topological polar surface area (TPSA) is 0 Å². The van der Waals surface area contributed by atoms with Gasteiger partial charge in [-0.1, -0.05) is 39.5 Å². The van der Waals surface area contributed by atoms with Crippen LogP contribution in [0.15, 0.2) is 0 Å². The Kier molecular flexibility index (Phi) is 41.2. The van der Waals surface area contributed by atoms with Crippen molar-refractivity contribution in [2.75, 3.05) is 0 Å². The van der Waals surface area contributed by atoms with E-state index in [4.69, 9.17) is 0 Å². The van der Waals surface area contributed by atoms with E-state index in [2.05, 4.69) is 371 Å². The Hall–Kier alpha value is -12.8. The normalized spacial score (nSPS) is 4.58. The van der Waals surface area contributed by atoms with Crippen LogP contribution in [0.25, 0.3) is 0 Å². The molecular weight excluding hydrogens is 781 g/mol. The molecule has 0 rings (SSSR count). The molecule has 0 heterocycles. The van der Waals surface area contributed by atoms with Gasteiger partial charge in [0.1, 0.15) is 0 Å². The summed E-state index contributed by atoms with van der Waals surface area (Å²) in [5.74, 6) is 146. The smallest absolute Gasteiger partial charge is 0 e. The molecule has 0 saturated heterocycles. The first kappa shape index (κ1) is 54.3. The maximum atomic E-state index is 2.63. The average Bonchev–Trinajstić information content (AvgIpc) is 3.28. The predicted molar refractivity (Wildman–Crippen MR) is 262 cm³/mol. The van der Waals surface area contributed by atoms with Gasteiger partial charge < -0.3 is 0 Å². The second kappa shape index (κ2) is 49.3. The fourth-order valence-corrected chi connectivity index (χ4v) is 1.81. The zero-order valence-corrected chi connectivity index (χ0v) is 35.5. The summed E-state index contributed by atoms with van der Waals surface area (Å²) in [6.45, 7) is 12.1. The van der Waals surface area contributed by atoms with Gasteiger partial charge in [0.25, 0.3) is 0 Å². The molecule has 0 aliphatic rings. The Bertz CT molecular complexity index is 3620. The first-order valence-electron chi connectivity index (χ1n) is 17.2. The molecule has 0 heteroatoms. The summed E-state index contributed by atoms with van der Waals surface area (Å²) >= 11 is 0. The molecule has 278 valence electrons. The lowest BCUT2D eigenvalue weighted by atomic mass is 10.0. The molecule has 0 bridgehead atoms. The quantitative estimate of drug-likeness (QED) is 0.331. The van der Waals surface area contributed by atoms with E-state index in [1.807, 2.05) is 0 Å². The molecule has 0 nitrogen and oxygen atoms in total. The van der Waals surface area contributed by atoms with Crippen LogP contribution >= 0.6 is 0 Å². The molecule has 0 amide bonds. The molecule has 0 radical (unpaired) electrons. The zero-order valence-electron chi connectivity index (χ0n) is 35.5. The maximum Gasteiger partial charge on any atom is 0 e. The van der Waals surface area contributed by atoms with Crippen molar-refractivity contribution in [2.24, 2.45) is 5.41 Å². The van der Waals surface area contributed by atoms with Crippen LogP contribution in [0.4, 0.5) is 0 Å². The van der Waals surface area contributed by atoms with Crippen molar-refractivity contribution in [1.82, 2.24) is 0 Å². The molecule has 0 unspecified atom stereocenters. The lowest BCUT2D eigenvalue weighted by Crippen LogP contribution is -1.93.